The normalized spacial score (nSPS) is 13.9. The van der Waals surface area contributed by atoms with Gasteiger partial charge in [-0.05, 0) is 0 Å². The molecule has 0 aromatic heterocycles. The molecule has 16 heavy (non-hydrogen) atoms. The van der Waals surface area contributed by atoms with Crippen LogP contribution in [0.4, 0.5) is 0 Å². The summed E-state index contributed by atoms with van der Waals surface area (Å²) < 4.78 is 11.3. The van der Waals surface area contributed by atoms with Gasteiger partial charge in [-0.1, -0.05) is 0 Å². The molecule has 0 saturated carbocycles. The molecule has 0 heterocycles. The second-order valence-electron chi connectivity index (χ2n) is 3.31. The first-order valence-corrected chi connectivity index (χ1v) is 6.24. The van der Waals surface area contributed by atoms with Crippen LogP contribution in [0.15, 0.2) is 0 Å². The van der Waals surface area contributed by atoms with Gasteiger partial charge in [-0.3, -0.25) is 9.00 Å². The van der Waals surface area contributed by atoms with Crippen molar-refractivity contribution in [2.24, 2.45) is 0 Å². The smallest absolute Gasteiger partial charge is 0.234 e. The maximum atomic E-state index is 11.4. The molecule has 2 atom stereocenters. The van der Waals surface area contributed by atoms with Crippen molar-refractivity contribution < 1.29 is 19.2 Å². The van der Waals surface area contributed by atoms with Gasteiger partial charge in [0.05, 0.1) is 31.0 Å². The van der Waals surface area contributed by atoms with Crippen LogP contribution in [-0.2, 0) is 15.6 Å². The van der Waals surface area contributed by atoms with Gasteiger partial charge in [0.15, 0.2) is 0 Å². The van der Waals surface area contributed by atoms with Gasteiger partial charge in [-0.2, -0.15) is 5.26 Å². The summed E-state index contributed by atoms with van der Waals surface area (Å²) in [7, 11) is 0.0368. The minimum Gasteiger partial charge on any atom is -0.394 e. The van der Waals surface area contributed by atoms with Crippen molar-refractivity contribution in [1.82, 2.24) is 4.90 Å². The van der Waals surface area contributed by atoms with E-state index in [2.05, 4.69) is 0 Å². The Bertz CT molecular complexity index is 290. The lowest BCUT2D eigenvalue weighted by Crippen LogP contribution is -2.33. The number of amides is 1. The number of carbonyl (C=O) groups excluding carboxylic acids is 1. The zero-order valence-corrected chi connectivity index (χ0v) is 9.94. The first kappa shape index (κ1) is 15.0. The van der Waals surface area contributed by atoms with Gasteiger partial charge in [0.25, 0.3) is 0 Å². The van der Waals surface area contributed by atoms with Gasteiger partial charge < -0.3 is 15.1 Å². The lowest BCUT2D eigenvalue weighted by molar-refractivity contribution is -0.127. The van der Waals surface area contributed by atoms with E-state index in [0.29, 0.717) is 6.54 Å². The summed E-state index contributed by atoms with van der Waals surface area (Å²) in [4.78, 5) is 12.7. The van der Waals surface area contributed by atoms with E-state index in [1.54, 1.807) is 0 Å². The van der Waals surface area contributed by atoms with E-state index in [-0.39, 0.29) is 23.8 Å². The summed E-state index contributed by atoms with van der Waals surface area (Å²) >= 11 is 0. The van der Waals surface area contributed by atoms with E-state index >= 15 is 0 Å². The van der Waals surface area contributed by atoms with Crippen LogP contribution in [-0.4, -0.2) is 63.0 Å². The highest BCUT2D eigenvalue weighted by molar-refractivity contribution is 7.85. The second kappa shape index (κ2) is 8.21. The molecule has 2 unspecified atom stereocenters. The standard InChI is InChI=1S/C9H16N2O4S/c1-11(4-2-3-10)9(14)7-16(15)6-8(13)5-12/h8,12-13H,2,4-7H2,1H3. The predicted octanol–water partition coefficient (Wildman–Crippen LogP) is -1.54. The van der Waals surface area contributed by atoms with E-state index in [1.807, 2.05) is 6.07 Å². The summed E-state index contributed by atoms with van der Waals surface area (Å²) in [6.45, 7) is -0.167. The molecule has 0 bridgehead atoms. The molecule has 92 valence electrons. The highest BCUT2D eigenvalue weighted by Crippen LogP contribution is 1.94. The fourth-order valence-corrected chi connectivity index (χ4v) is 2.06. The van der Waals surface area contributed by atoms with Crippen LogP contribution in [0.25, 0.3) is 0 Å². The maximum absolute atomic E-state index is 11.4. The summed E-state index contributed by atoms with van der Waals surface area (Å²) in [5.41, 5.74) is 0. The van der Waals surface area contributed by atoms with Crippen molar-refractivity contribution in [3.05, 3.63) is 0 Å². The van der Waals surface area contributed by atoms with Crippen molar-refractivity contribution in [3.8, 4) is 6.07 Å². The molecule has 2 N–H and O–H groups in total. The Kier molecular flexibility index (Phi) is 7.72. The van der Waals surface area contributed by atoms with Gasteiger partial charge in [0.2, 0.25) is 5.91 Å². The van der Waals surface area contributed by atoms with Crippen molar-refractivity contribution in [2.75, 3.05) is 31.7 Å². The topological polar surface area (TPSA) is 102 Å². The lowest BCUT2D eigenvalue weighted by atomic mass is 10.4. The summed E-state index contributed by atoms with van der Waals surface area (Å²) in [6.07, 6.45) is -0.827. The van der Waals surface area contributed by atoms with Gasteiger partial charge in [0.1, 0.15) is 5.75 Å². The Morgan fingerprint density at radius 2 is 2.25 bits per heavy atom. The predicted molar refractivity (Wildman–Crippen MR) is 58.8 cm³/mol. The van der Waals surface area contributed by atoms with Crippen LogP contribution in [0.3, 0.4) is 0 Å². The van der Waals surface area contributed by atoms with Gasteiger partial charge >= 0.3 is 0 Å². The third-order valence-corrected chi connectivity index (χ3v) is 3.18. The minimum atomic E-state index is -1.49. The molecule has 0 aliphatic rings. The summed E-state index contributed by atoms with van der Waals surface area (Å²) in [5.74, 6) is -0.647. The van der Waals surface area contributed by atoms with Gasteiger partial charge in [-0.15, -0.1) is 0 Å². The Balaban J connectivity index is 3.95. The number of hydrogen-bond donors (Lipinski definition) is 2. The van der Waals surface area contributed by atoms with Gasteiger partial charge in [-0.25, -0.2) is 0 Å². The van der Waals surface area contributed by atoms with E-state index in [4.69, 9.17) is 15.5 Å². The van der Waals surface area contributed by atoms with Crippen molar-refractivity contribution >= 4 is 16.7 Å². The van der Waals surface area contributed by atoms with Crippen LogP contribution in [0, 0.1) is 11.3 Å². The quantitative estimate of drug-likeness (QED) is 0.568. The Labute approximate surface area is 96.9 Å². The summed E-state index contributed by atoms with van der Waals surface area (Å²) in [6, 6.07) is 1.91. The van der Waals surface area contributed by atoms with Gasteiger partial charge in [0, 0.05) is 24.4 Å². The van der Waals surface area contributed by atoms with Crippen LogP contribution in [0.1, 0.15) is 6.42 Å². The molecule has 0 aliphatic heterocycles. The van der Waals surface area contributed by atoms with Crippen molar-refractivity contribution in [3.63, 3.8) is 0 Å². The summed E-state index contributed by atoms with van der Waals surface area (Å²) in [5, 5.41) is 25.9. The van der Waals surface area contributed by atoms with E-state index < -0.39 is 23.5 Å². The number of nitrogens with zero attached hydrogens (tertiary/aromatic N) is 2. The molecule has 0 aromatic carbocycles. The molecule has 0 aromatic rings. The Morgan fingerprint density at radius 3 is 2.75 bits per heavy atom. The molecule has 0 rings (SSSR count). The molecule has 0 spiro atoms. The first-order valence-electron chi connectivity index (χ1n) is 4.76. The zero-order valence-electron chi connectivity index (χ0n) is 9.13. The van der Waals surface area contributed by atoms with E-state index in [9.17, 15) is 9.00 Å². The third-order valence-electron chi connectivity index (χ3n) is 1.86. The molecule has 0 aliphatic carbocycles. The number of rotatable bonds is 7. The fourth-order valence-electron chi connectivity index (χ4n) is 0.917. The first-order chi connectivity index (χ1) is 7.51. The van der Waals surface area contributed by atoms with Crippen LogP contribution >= 0.6 is 0 Å². The molecule has 1 amide bonds. The van der Waals surface area contributed by atoms with Crippen molar-refractivity contribution in [2.45, 2.75) is 12.5 Å². The SMILES string of the molecule is CN(CCC#N)C(=O)CS(=O)CC(O)CO. The Morgan fingerprint density at radius 1 is 1.62 bits per heavy atom. The monoisotopic (exact) mass is 248 g/mol. The lowest BCUT2D eigenvalue weighted by Gasteiger charge is -2.15. The second-order valence-corrected chi connectivity index (χ2v) is 4.81. The zero-order chi connectivity index (χ0) is 12.6. The maximum Gasteiger partial charge on any atom is 0.234 e. The molecule has 0 radical (unpaired) electrons. The molecular formula is C9H16N2O4S. The third kappa shape index (κ3) is 6.50. The average molecular weight is 248 g/mol. The average Bonchev–Trinajstić information content (AvgIpc) is 2.25. The highest BCUT2D eigenvalue weighted by atomic mass is 32.2. The molecule has 0 saturated heterocycles. The number of carbonyl (C=O) groups is 1. The van der Waals surface area contributed by atoms with Crippen LogP contribution < -0.4 is 0 Å². The van der Waals surface area contributed by atoms with E-state index in [1.165, 1.54) is 11.9 Å². The molecular weight excluding hydrogens is 232 g/mol. The number of aliphatic hydroxyl groups is 2. The van der Waals surface area contributed by atoms with E-state index in [0.717, 1.165) is 0 Å². The highest BCUT2D eigenvalue weighted by Gasteiger charge is 2.15. The Hall–Kier alpha value is -0.970. The number of nitriles is 1. The largest absolute Gasteiger partial charge is 0.394 e. The molecule has 0 fully saturated rings. The van der Waals surface area contributed by atoms with Crippen LogP contribution in [0.5, 0.6) is 0 Å². The number of hydrogen-bond acceptors (Lipinski definition) is 5. The van der Waals surface area contributed by atoms with Crippen molar-refractivity contribution in [1.29, 1.82) is 5.26 Å². The molecule has 6 nitrogen and oxygen atoms in total. The minimum absolute atomic E-state index is 0.117. The van der Waals surface area contributed by atoms with Crippen LogP contribution in [0.2, 0.25) is 0 Å². The number of aliphatic hydroxyl groups excluding tert-OH is 2. The molecule has 7 heteroatoms. The fraction of sp³-hybridized carbons (Fsp3) is 0.778.